The smallest absolute Gasteiger partial charge is 0.356 e. The number of hydrogen-bond donors (Lipinski definition) is 1. The van der Waals surface area contributed by atoms with Crippen LogP contribution in [0.2, 0.25) is 0 Å². The summed E-state index contributed by atoms with van der Waals surface area (Å²) in [6, 6.07) is 6.25. The monoisotopic (exact) mass is 331 g/mol. The number of carbonyl (C=O) groups excluding carboxylic acids is 1. The number of carbonyl (C=O) groups is 2. The number of aromatic nitrogens is 2. The SMILES string of the molecule is CCCN(CCc1cccc(F)c1)C(=O)c1cnc(C(=O)O)cn1. The zero-order valence-electron chi connectivity index (χ0n) is 13.3. The molecule has 0 saturated carbocycles. The molecule has 0 atom stereocenters. The molecular weight excluding hydrogens is 313 g/mol. The lowest BCUT2D eigenvalue weighted by Crippen LogP contribution is -2.34. The molecule has 0 radical (unpaired) electrons. The van der Waals surface area contributed by atoms with Crippen molar-refractivity contribution in [3.8, 4) is 0 Å². The van der Waals surface area contributed by atoms with Crippen molar-refractivity contribution >= 4 is 11.9 Å². The van der Waals surface area contributed by atoms with E-state index >= 15 is 0 Å². The number of carboxylic acid groups (broad SMARTS) is 1. The number of hydrogen-bond acceptors (Lipinski definition) is 4. The molecule has 0 unspecified atom stereocenters. The van der Waals surface area contributed by atoms with Gasteiger partial charge in [-0.1, -0.05) is 19.1 Å². The lowest BCUT2D eigenvalue weighted by Gasteiger charge is -2.21. The average molecular weight is 331 g/mol. The Morgan fingerprint density at radius 1 is 1.17 bits per heavy atom. The van der Waals surface area contributed by atoms with Crippen molar-refractivity contribution in [2.45, 2.75) is 19.8 Å². The predicted octanol–water partition coefficient (Wildman–Crippen LogP) is 2.41. The quantitative estimate of drug-likeness (QED) is 0.842. The fraction of sp³-hybridized carbons (Fsp3) is 0.294. The fourth-order valence-electron chi connectivity index (χ4n) is 2.25. The van der Waals surface area contributed by atoms with Gasteiger partial charge in [-0.15, -0.1) is 0 Å². The molecule has 1 heterocycles. The standard InChI is InChI=1S/C17H18FN3O3/c1-2-7-21(8-6-12-4-3-5-13(18)9-12)16(22)14-10-20-15(11-19-14)17(23)24/h3-5,9-11H,2,6-8H2,1H3,(H,23,24). The maximum absolute atomic E-state index is 13.2. The van der Waals surface area contributed by atoms with E-state index in [0.29, 0.717) is 19.5 Å². The first-order valence-corrected chi connectivity index (χ1v) is 7.60. The number of halogens is 1. The molecule has 6 nitrogen and oxygen atoms in total. The maximum atomic E-state index is 13.2. The Bertz CT molecular complexity index is 719. The normalized spacial score (nSPS) is 10.4. The first kappa shape index (κ1) is 17.5. The molecule has 0 fully saturated rings. The summed E-state index contributed by atoms with van der Waals surface area (Å²) < 4.78 is 13.2. The van der Waals surface area contributed by atoms with Gasteiger partial charge in [-0.2, -0.15) is 0 Å². The van der Waals surface area contributed by atoms with Gasteiger partial charge in [-0.3, -0.25) is 4.79 Å². The second kappa shape index (κ2) is 8.14. The Kier molecular flexibility index (Phi) is 5.95. The highest BCUT2D eigenvalue weighted by Crippen LogP contribution is 2.08. The van der Waals surface area contributed by atoms with E-state index < -0.39 is 5.97 Å². The third kappa shape index (κ3) is 4.58. The van der Waals surface area contributed by atoms with Crippen LogP contribution in [-0.4, -0.2) is 44.9 Å². The van der Waals surface area contributed by atoms with E-state index in [0.717, 1.165) is 24.4 Å². The first-order valence-electron chi connectivity index (χ1n) is 7.60. The molecule has 1 amide bonds. The molecule has 7 heteroatoms. The van der Waals surface area contributed by atoms with E-state index in [1.807, 2.05) is 6.92 Å². The van der Waals surface area contributed by atoms with Crippen molar-refractivity contribution in [2.75, 3.05) is 13.1 Å². The number of amides is 1. The third-order valence-corrected chi connectivity index (χ3v) is 3.43. The van der Waals surface area contributed by atoms with Gasteiger partial charge in [0.1, 0.15) is 11.5 Å². The van der Waals surface area contributed by atoms with E-state index in [-0.39, 0.29) is 23.1 Å². The van der Waals surface area contributed by atoms with Gasteiger partial charge in [0.25, 0.3) is 5.91 Å². The van der Waals surface area contributed by atoms with Crippen LogP contribution in [0.3, 0.4) is 0 Å². The first-order chi connectivity index (χ1) is 11.5. The van der Waals surface area contributed by atoms with Gasteiger partial charge in [0.05, 0.1) is 12.4 Å². The molecule has 0 aliphatic heterocycles. The van der Waals surface area contributed by atoms with Crippen LogP contribution in [0.4, 0.5) is 4.39 Å². The van der Waals surface area contributed by atoms with Crippen LogP contribution in [-0.2, 0) is 6.42 Å². The predicted molar refractivity (Wildman–Crippen MR) is 85.3 cm³/mol. The Labute approximate surface area is 139 Å². The topological polar surface area (TPSA) is 83.4 Å². The van der Waals surface area contributed by atoms with Crippen LogP contribution in [0.25, 0.3) is 0 Å². The minimum Gasteiger partial charge on any atom is -0.476 e. The van der Waals surface area contributed by atoms with Crippen LogP contribution in [0.5, 0.6) is 0 Å². The summed E-state index contributed by atoms with van der Waals surface area (Å²) in [6.07, 6.45) is 3.50. The average Bonchev–Trinajstić information content (AvgIpc) is 2.58. The molecule has 2 aromatic rings. The molecule has 24 heavy (non-hydrogen) atoms. The summed E-state index contributed by atoms with van der Waals surface area (Å²) in [6.45, 7) is 2.89. The van der Waals surface area contributed by atoms with Crippen molar-refractivity contribution in [1.29, 1.82) is 0 Å². The lowest BCUT2D eigenvalue weighted by molar-refractivity contribution is 0.0685. The second-order valence-electron chi connectivity index (χ2n) is 5.26. The molecule has 0 spiro atoms. The molecule has 1 aromatic heterocycles. The van der Waals surface area contributed by atoms with Gasteiger partial charge in [-0.25, -0.2) is 19.2 Å². The van der Waals surface area contributed by atoms with Crippen LogP contribution in [0.1, 0.15) is 39.9 Å². The summed E-state index contributed by atoms with van der Waals surface area (Å²) in [7, 11) is 0. The van der Waals surface area contributed by atoms with Gasteiger partial charge in [0.15, 0.2) is 5.69 Å². The van der Waals surface area contributed by atoms with Crippen molar-refractivity contribution in [3.05, 3.63) is 59.4 Å². The molecular formula is C17H18FN3O3. The second-order valence-corrected chi connectivity index (χ2v) is 5.26. The van der Waals surface area contributed by atoms with E-state index in [2.05, 4.69) is 9.97 Å². The van der Waals surface area contributed by atoms with Gasteiger partial charge < -0.3 is 10.0 Å². The minimum absolute atomic E-state index is 0.0905. The number of benzene rings is 1. The molecule has 0 aliphatic carbocycles. The van der Waals surface area contributed by atoms with Crippen LogP contribution < -0.4 is 0 Å². The van der Waals surface area contributed by atoms with Gasteiger partial charge >= 0.3 is 5.97 Å². The van der Waals surface area contributed by atoms with Crippen molar-refractivity contribution in [1.82, 2.24) is 14.9 Å². The number of carboxylic acids is 1. The Balaban J connectivity index is 2.08. The van der Waals surface area contributed by atoms with Crippen LogP contribution in [0.15, 0.2) is 36.7 Å². The van der Waals surface area contributed by atoms with Crippen LogP contribution >= 0.6 is 0 Å². The number of aromatic carboxylic acids is 1. The van der Waals surface area contributed by atoms with Crippen LogP contribution in [0, 0.1) is 5.82 Å². The number of nitrogens with zero attached hydrogens (tertiary/aromatic N) is 3. The highest BCUT2D eigenvalue weighted by molar-refractivity contribution is 5.92. The molecule has 2 rings (SSSR count). The molecule has 1 aromatic carbocycles. The maximum Gasteiger partial charge on any atom is 0.356 e. The Morgan fingerprint density at radius 3 is 2.46 bits per heavy atom. The highest BCUT2D eigenvalue weighted by atomic mass is 19.1. The zero-order valence-corrected chi connectivity index (χ0v) is 13.3. The highest BCUT2D eigenvalue weighted by Gasteiger charge is 2.17. The van der Waals surface area contributed by atoms with Crippen molar-refractivity contribution < 1.29 is 19.1 Å². The lowest BCUT2D eigenvalue weighted by atomic mass is 10.1. The summed E-state index contributed by atoms with van der Waals surface area (Å²) in [5.74, 6) is -1.83. The third-order valence-electron chi connectivity index (χ3n) is 3.43. The summed E-state index contributed by atoms with van der Waals surface area (Å²) >= 11 is 0. The van der Waals surface area contributed by atoms with E-state index in [9.17, 15) is 14.0 Å². The van der Waals surface area contributed by atoms with Crippen molar-refractivity contribution in [2.24, 2.45) is 0 Å². The molecule has 1 N–H and O–H groups in total. The number of rotatable bonds is 7. The molecule has 0 bridgehead atoms. The Hall–Kier alpha value is -2.83. The zero-order chi connectivity index (χ0) is 17.5. The fourth-order valence-corrected chi connectivity index (χ4v) is 2.25. The van der Waals surface area contributed by atoms with E-state index in [4.69, 9.17) is 5.11 Å². The summed E-state index contributed by atoms with van der Waals surface area (Å²) in [5, 5.41) is 8.81. The molecule has 0 saturated heterocycles. The van der Waals surface area contributed by atoms with Gasteiger partial charge in [0.2, 0.25) is 0 Å². The summed E-state index contributed by atoms with van der Waals surface area (Å²) in [4.78, 5) is 32.5. The largest absolute Gasteiger partial charge is 0.476 e. The minimum atomic E-state index is -1.20. The molecule has 126 valence electrons. The van der Waals surface area contributed by atoms with Crippen molar-refractivity contribution in [3.63, 3.8) is 0 Å². The molecule has 0 aliphatic rings. The van der Waals surface area contributed by atoms with E-state index in [1.54, 1.807) is 17.0 Å². The van der Waals surface area contributed by atoms with Gasteiger partial charge in [-0.05, 0) is 30.5 Å². The van der Waals surface area contributed by atoms with E-state index in [1.165, 1.54) is 12.1 Å². The van der Waals surface area contributed by atoms with Gasteiger partial charge in [0, 0.05) is 13.1 Å². The summed E-state index contributed by atoms with van der Waals surface area (Å²) in [5.41, 5.74) is 0.678. The Morgan fingerprint density at radius 2 is 1.88 bits per heavy atom.